The molecule has 0 aliphatic heterocycles. The van der Waals surface area contributed by atoms with E-state index < -0.39 is 22.9 Å². The topological polar surface area (TPSA) is 53.8 Å². The van der Waals surface area contributed by atoms with Crippen LogP contribution in [0.15, 0.2) is 24.3 Å². The number of rotatable bonds is 1. The van der Waals surface area contributed by atoms with Crippen LogP contribution in [-0.4, -0.2) is 13.1 Å². The lowest BCUT2D eigenvalue weighted by Gasteiger charge is -2.12. The van der Waals surface area contributed by atoms with Crippen LogP contribution in [-0.2, 0) is 6.18 Å². The van der Waals surface area contributed by atoms with Gasteiger partial charge in [-0.3, -0.25) is 5.06 Å². The molecule has 0 heterocycles. The van der Waals surface area contributed by atoms with Crippen LogP contribution in [0.25, 0.3) is 0 Å². The fraction of sp³-hybridized carbons (Fsp3) is 0.222. The first kappa shape index (κ1) is 12.5. The monoisotopic (exact) mass is 235 g/mol. The molecule has 0 aliphatic rings. The van der Waals surface area contributed by atoms with E-state index in [1.807, 2.05) is 0 Å². The second-order valence-electron chi connectivity index (χ2n) is 2.97. The molecule has 88 valence electrons. The highest BCUT2D eigenvalue weighted by molar-refractivity contribution is 5.61. The van der Waals surface area contributed by atoms with Crippen LogP contribution >= 0.6 is 0 Å². The summed E-state index contributed by atoms with van der Waals surface area (Å²) in [6, 6.07) is 3.48. The highest BCUT2D eigenvalue weighted by Gasteiger charge is 2.30. The Kier molecular flexibility index (Phi) is 3.51. The van der Waals surface area contributed by atoms with Gasteiger partial charge in [-0.25, -0.2) is 0 Å². The molecule has 1 unspecified atom stereocenters. The van der Waals surface area contributed by atoms with Gasteiger partial charge < -0.3 is 9.94 Å². The highest BCUT2D eigenvalue weighted by Crippen LogP contribution is 2.30. The first-order valence-corrected chi connectivity index (χ1v) is 4.20. The third-order valence-corrected chi connectivity index (χ3v) is 1.68. The van der Waals surface area contributed by atoms with Gasteiger partial charge in [-0.05, 0) is 24.3 Å². The van der Waals surface area contributed by atoms with Gasteiger partial charge in [-0.2, -0.15) is 18.0 Å². The molecule has 1 aromatic rings. The molecule has 0 saturated heterocycles. The van der Waals surface area contributed by atoms with Crippen molar-refractivity contribution in [1.29, 1.82) is 0 Å². The van der Waals surface area contributed by atoms with E-state index in [1.54, 1.807) is 0 Å². The van der Waals surface area contributed by atoms with E-state index in [0.717, 1.165) is 31.3 Å². The smallest absolute Gasteiger partial charge is 0.519 e. The number of quaternary nitrogens is 1. The summed E-state index contributed by atoms with van der Waals surface area (Å²) in [7, 11) is 1.01. The molecular weight excluding hydrogens is 227 g/mol. The van der Waals surface area contributed by atoms with Gasteiger partial charge in [0.05, 0.1) is 12.6 Å². The quantitative estimate of drug-likeness (QED) is 0.744. The molecule has 0 radical (unpaired) electrons. The maximum Gasteiger partial charge on any atom is 0.519 e. The van der Waals surface area contributed by atoms with E-state index in [0.29, 0.717) is 0 Å². The molecule has 0 aliphatic carbocycles. The number of benzene rings is 1. The molecule has 1 amide bonds. The summed E-state index contributed by atoms with van der Waals surface area (Å²) in [4.78, 5) is 10.8. The molecule has 0 saturated carbocycles. The minimum Gasteiger partial charge on any atom is -0.624 e. The zero-order chi connectivity index (χ0) is 12.3. The van der Waals surface area contributed by atoms with Crippen molar-refractivity contribution >= 4 is 6.09 Å². The van der Waals surface area contributed by atoms with Gasteiger partial charge in [0, 0.05) is 0 Å². The summed E-state index contributed by atoms with van der Waals surface area (Å²) < 4.78 is 40.9. The van der Waals surface area contributed by atoms with Gasteiger partial charge in [0.15, 0.2) is 0 Å². The van der Waals surface area contributed by atoms with Gasteiger partial charge in [0.25, 0.3) is 0 Å². The lowest BCUT2D eigenvalue weighted by molar-refractivity contribution is -0.741. The van der Waals surface area contributed by atoms with E-state index in [4.69, 9.17) is 0 Å². The summed E-state index contributed by atoms with van der Waals surface area (Å²) in [5, 5.41) is 9.70. The fourth-order valence-electron chi connectivity index (χ4n) is 0.891. The number of alkyl halides is 3. The van der Waals surface area contributed by atoms with E-state index in [1.165, 1.54) is 0 Å². The molecule has 1 atom stereocenters. The van der Waals surface area contributed by atoms with Crippen molar-refractivity contribution in [3.8, 4) is 5.75 Å². The average Bonchev–Trinajstić information content (AvgIpc) is 2.17. The summed E-state index contributed by atoms with van der Waals surface area (Å²) in [6.07, 6.45) is -5.55. The highest BCUT2D eigenvalue weighted by atomic mass is 19.4. The number of amides is 1. The Morgan fingerprint density at radius 3 is 2.19 bits per heavy atom. The van der Waals surface area contributed by atoms with Crippen LogP contribution in [0, 0.1) is 5.21 Å². The number of carbonyl (C=O) groups is 1. The Balaban J connectivity index is 2.76. The van der Waals surface area contributed by atoms with Crippen LogP contribution in [0.4, 0.5) is 18.0 Å². The first-order chi connectivity index (χ1) is 7.30. The number of hydrogen-bond acceptors (Lipinski definition) is 3. The Hall–Kier alpha value is -1.60. The van der Waals surface area contributed by atoms with Crippen molar-refractivity contribution in [3.05, 3.63) is 35.0 Å². The molecule has 16 heavy (non-hydrogen) atoms. The standard InChI is InChI=1S/C9H8F3NO3/c1-13(15)8(14)16-7-4-2-6(3-5-7)9(10,11)12/h2-5,13H,1H3. The predicted octanol–water partition coefficient (Wildman–Crippen LogP) is 1.22. The third kappa shape index (κ3) is 3.21. The summed E-state index contributed by atoms with van der Waals surface area (Å²) in [5.41, 5.74) is -0.852. The van der Waals surface area contributed by atoms with Crippen molar-refractivity contribution in [2.24, 2.45) is 0 Å². The summed E-state index contributed by atoms with van der Waals surface area (Å²) in [6.45, 7) is 0. The van der Waals surface area contributed by atoms with Crippen LogP contribution in [0.3, 0.4) is 0 Å². The Morgan fingerprint density at radius 2 is 1.81 bits per heavy atom. The second kappa shape index (κ2) is 4.50. The van der Waals surface area contributed by atoms with Crippen LogP contribution in [0.2, 0.25) is 0 Å². The normalized spacial score (nSPS) is 13.3. The molecule has 1 rings (SSSR count). The predicted molar refractivity (Wildman–Crippen MR) is 47.7 cm³/mol. The number of nitrogens with one attached hydrogen (secondary N) is 1. The third-order valence-electron chi connectivity index (χ3n) is 1.68. The fourth-order valence-corrected chi connectivity index (χ4v) is 0.891. The number of hydroxylamine groups is 2. The van der Waals surface area contributed by atoms with E-state index in [2.05, 4.69) is 4.74 Å². The number of hydrogen-bond donors (Lipinski definition) is 1. The largest absolute Gasteiger partial charge is 0.624 e. The van der Waals surface area contributed by atoms with E-state index in [-0.39, 0.29) is 5.75 Å². The molecule has 0 aromatic heterocycles. The van der Waals surface area contributed by atoms with Crippen LogP contribution < -0.4 is 9.80 Å². The molecule has 7 heteroatoms. The maximum absolute atomic E-state index is 12.1. The van der Waals surface area contributed by atoms with Gasteiger partial charge in [-0.1, -0.05) is 0 Å². The summed E-state index contributed by atoms with van der Waals surface area (Å²) in [5.74, 6) is -0.104. The molecular formula is C9H8F3NO3. The lowest BCUT2D eigenvalue weighted by atomic mass is 10.2. The summed E-state index contributed by atoms with van der Waals surface area (Å²) >= 11 is 0. The molecule has 1 N–H and O–H groups in total. The molecule has 0 bridgehead atoms. The van der Waals surface area contributed by atoms with Crippen molar-refractivity contribution in [2.45, 2.75) is 6.18 Å². The zero-order valence-electron chi connectivity index (χ0n) is 8.17. The second-order valence-corrected chi connectivity index (χ2v) is 2.97. The van der Waals surface area contributed by atoms with Crippen LogP contribution in [0.5, 0.6) is 5.75 Å². The van der Waals surface area contributed by atoms with Crippen LogP contribution in [0.1, 0.15) is 5.56 Å². The number of halogens is 3. The zero-order valence-corrected chi connectivity index (χ0v) is 8.17. The van der Waals surface area contributed by atoms with Crippen molar-refractivity contribution in [2.75, 3.05) is 7.05 Å². The number of carbonyl (C=O) groups excluding carboxylic acids is 1. The minimum atomic E-state index is -4.44. The molecule has 0 fully saturated rings. The molecule has 0 spiro atoms. The first-order valence-electron chi connectivity index (χ1n) is 4.20. The Morgan fingerprint density at radius 1 is 1.31 bits per heavy atom. The van der Waals surface area contributed by atoms with E-state index >= 15 is 0 Å². The van der Waals surface area contributed by atoms with Gasteiger partial charge in [0.2, 0.25) is 0 Å². The van der Waals surface area contributed by atoms with E-state index in [9.17, 15) is 23.2 Å². The lowest BCUT2D eigenvalue weighted by Crippen LogP contribution is -3.07. The number of ether oxygens (including phenoxy) is 1. The minimum absolute atomic E-state index is 0.104. The van der Waals surface area contributed by atoms with Crippen molar-refractivity contribution in [1.82, 2.24) is 0 Å². The maximum atomic E-state index is 12.1. The average molecular weight is 235 g/mol. The Bertz CT molecular complexity index is 373. The molecule has 4 nitrogen and oxygen atoms in total. The Labute approximate surface area is 88.8 Å². The van der Waals surface area contributed by atoms with Gasteiger partial charge in [-0.15, -0.1) is 0 Å². The van der Waals surface area contributed by atoms with Crippen molar-refractivity contribution in [3.63, 3.8) is 0 Å². The van der Waals surface area contributed by atoms with Gasteiger partial charge in [0.1, 0.15) is 5.75 Å². The van der Waals surface area contributed by atoms with Crippen molar-refractivity contribution < 1.29 is 27.8 Å². The molecule has 1 aromatic carbocycles. The SMILES string of the molecule is C[NH+]([O-])C(=O)Oc1ccc(C(F)(F)F)cc1. The van der Waals surface area contributed by atoms with Gasteiger partial charge >= 0.3 is 12.3 Å².